The van der Waals surface area contributed by atoms with Crippen molar-refractivity contribution < 1.29 is 0 Å². The number of hydrogen-bond acceptors (Lipinski definition) is 2. The summed E-state index contributed by atoms with van der Waals surface area (Å²) in [6.07, 6.45) is 2.51. The maximum Gasteiger partial charge on any atom is 0.0992 e. The Morgan fingerprint density at radius 1 is 1.38 bits per heavy atom. The van der Waals surface area contributed by atoms with Crippen LogP contribution >= 0.6 is 11.8 Å². The third-order valence-corrected chi connectivity index (χ3v) is 4.50. The number of amidine groups is 1. The van der Waals surface area contributed by atoms with Gasteiger partial charge in [-0.25, -0.2) is 0 Å². The molecule has 0 bridgehead atoms. The van der Waals surface area contributed by atoms with Crippen molar-refractivity contribution >= 4 is 17.6 Å². The Morgan fingerprint density at radius 2 is 2.08 bits per heavy atom. The maximum absolute atomic E-state index is 8.04. The van der Waals surface area contributed by atoms with Crippen LogP contribution in [-0.2, 0) is 0 Å². The molecule has 2 aliphatic rings. The van der Waals surface area contributed by atoms with E-state index < -0.39 is 0 Å². The molecule has 2 nitrogen and oxygen atoms in total. The minimum absolute atomic E-state index is 0.562. The highest BCUT2D eigenvalue weighted by molar-refractivity contribution is 8.00. The lowest BCUT2D eigenvalue weighted by atomic mass is 10.2. The molecule has 0 amide bonds. The zero-order valence-corrected chi connectivity index (χ0v) is 9.23. The first-order chi connectivity index (χ1) is 6.20. The Balaban J connectivity index is 1.99. The van der Waals surface area contributed by atoms with Crippen LogP contribution < -0.4 is 0 Å². The summed E-state index contributed by atoms with van der Waals surface area (Å²) >= 11 is 2.04. The van der Waals surface area contributed by atoms with E-state index in [1.165, 1.54) is 18.6 Å². The highest BCUT2D eigenvalue weighted by Crippen LogP contribution is 2.34. The van der Waals surface area contributed by atoms with E-state index in [0.717, 1.165) is 12.4 Å². The lowest BCUT2D eigenvalue weighted by Crippen LogP contribution is -2.48. The second-order valence-corrected chi connectivity index (χ2v) is 5.65. The van der Waals surface area contributed by atoms with Gasteiger partial charge in [0.2, 0.25) is 0 Å². The lowest BCUT2D eigenvalue weighted by molar-refractivity contribution is 0.324. The average molecular weight is 198 g/mol. The molecule has 3 heteroatoms. The Hall–Kier alpha value is -0.180. The van der Waals surface area contributed by atoms with Crippen molar-refractivity contribution in [2.24, 2.45) is 5.92 Å². The van der Waals surface area contributed by atoms with Crippen LogP contribution in [0.3, 0.4) is 0 Å². The number of nitrogens with one attached hydrogen (secondary N) is 1. The van der Waals surface area contributed by atoms with Gasteiger partial charge in [-0.3, -0.25) is 5.41 Å². The Bertz CT molecular complexity index is 213. The van der Waals surface area contributed by atoms with E-state index in [0.29, 0.717) is 17.2 Å². The van der Waals surface area contributed by atoms with Crippen LogP contribution in [0, 0.1) is 11.3 Å². The molecule has 2 atom stereocenters. The van der Waals surface area contributed by atoms with Gasteiger partial charge in [0.25, 0.3) is 0 Å². The summed E-state index contributed by atoms with van der Waals surface area (Å²) in [5, 5.41) is 8.73. The quantitative estimate of drug-likeness (QED) is 0.516. The summed E-state index contributed by atoms with van der Waals surface area (Å²) in [7, 11) is 0. The van der Waals surface area contributed by atoms with Crippen LogP contribution in [0.4, 0.5) is 0 Å². The van der Waals surface area contributed by atoms with Gasteiger partial charge in [0.05, 0.1) is 5.84 Å². The molecule has 0 spiro atoms. The molecule has 2 rings (SSSR count). The normalized spacial score (nSPS) is 34.8. The van der Waals surface area contributed by atoms with E-state index >= 15 is 0 Å². The first-order valence-corrected chi connectivity index (χ1v) is 6.21. The smallest absolute Gasteiger partial charge is 0.0992 e. The van der Waals surface area contributed by atoms with E-state index in [1.54, 1.807) is 0 Å². The minimum Gasteiger partial charge on any atom is -0.356 e. The zero-order chi connectivity index (χ0) is 9.42. The van der Waals surface area contributed by atoms with Gasteiger partial charge in [-0.1, -0.05) is 6.92 Å². The van der Waals surface area contributed by atoms with Crippen molar-refractivity contribution in [1.82, 2.24) is 4.90 Å². The predicted octanol–water partition coefficient (Wildman–Crippen LogP) is 2.20. The largest absolute Gasteiger partial charge is 0.356 e. The Morgan fingerprint density at radius 3 is 2.69 bits per heavy atom. The zero-order valence-electron chi connectivity index (χ0n) is 8.42. The van der Waals surface area contributed by atoms with Crippen molar-refractivity contribution in [3.05, 3.63) is 0 Å². The van der Waals surface area contributed by atoms with Crippen LogP contribution in [0.2, 0.25) is 0 Å². The van der Waals surface area contributed by atoms with Gasteiger partial charge in [-0.15, -0.1) is 0 Å². The molecule has 1 heterocycles. The molecular formula is C10H18N2S. The molecule has 0 aromatic rings. The number of nitrogens with zero attached hydrogens (tertiary/aromatic N) is 1. The summed E-state index contributed by atoms with van der Waals surface area (Å²) in [5.41, 5.74) is 0. The fraction of sp³-hybridized carbons (Fsp3) is 0.900. The lowest BCUT2D eigenvalue weighted by Gasteiger charge is -2.39. The van der Waals surface area contributed by atoms with Crippen molar-refractivity contribution in [2.45, 2.75) is 38.0 Å². The second kappa shape index (κ2) is 3.52. The molecule has 1 aliphatic heterocycles. The maximum atomic E-state index is 8.04. The summed E-state index contributed by atoms with van der Waals surface area (Å²) in [5.74, 6) is 2.72. The van der Waals surface area contributed by atoms with Crippen LogP contribution in [0.25, 0.3) is 0 Å². The van der Waals surface area contributed by atoms with Crippen LogP contribution in [0.15, 0.2) is 0 Å². The van der Waals surface area contributed by atoms with E-state index in [-0.39, 0.29) is 0 Å². The van der Waals surface area contributed by atoms with Crippen molar-refractivity contribution in [3.8, 4) is 0 Å². The van der Waals surface area contributed by atoms with Gasteiger partial charge in [-0.05, 0) is 19.8 Å². The molecule has 0 aromatic heterocycles. The fourth-order valence-electron chi connectivity index (χ4n) is 1.86. The SMILES string of the molecule is CC1SCCN(C(=N)C2CC2)C1C. The molecule has 0 aromatic carbocycles. The predicted molar refractivity (Wildman–Crippen MR) is 58.5 cm³/mol. The van der Waals surface area contributed by atoms with Crippen LogP contribution in [0.5, 0.6) is 0 Å². The Labute approximate surface area is 84.6 Å². The molecule has 74 valence electrons. The standard InChI is InChI=1S/C10H18N2S/c1-7-8(2)13-6-5-12(7)10(11)9-3-4-9/h7-9,11H,3-6H2,1-2H3. The highest BCUT2D eigenvalue weighted by atomic mass is 32.2. The molecule has 1 saturated carbocycles. The molecular weight excluding hydrogens is 180 g/mol. The molecule has 1 aliphatic carbocycles. The third-order valence-electron chi connectivity index (χ3n) is 3.16. The molecule has 0 radical (unpaired) electrons. The van der Waals surface area contributed by atoms with Crippen molar-refractivity contribution in [2.75, 3.05) is 12.3 Å². The second-order valence-electron chi connectivity index (χ2n) is 4.17. The van der Waals surface area contributed by atoms with E-state index in [2.05, 4.69) is 18.7 Å². The highest BCUT2D eigenvalue weighted by Gasteiger charge is 2.35. The van der Waals surface area contributed by atoms with Gasteiger partial charge in [0, 0.05) is 29.5 Å². The van der Waals surface area contributed by atoms with Gasteiger partial charge < -0.3 is 4.90 Å². The van der Waals surface area contributed by atoms with E-state index in [1.807, 2.05) is 11.8 Å². The monoisotopic (exact) mass is 198 g/mol. The number of hydrogen-bond donors (Lipinski definition) is 1. The molecule has 1 saturated heterocycles. The third kappa shape index (κ3) is 1.85. The topological polar surface area (TPSA) is 27.1 Å². The molecule has 13 heavy (non-hydrogen) atoms. The molecule has 2 unspecified atom stereocenters. The van der Waals surface area contributed by atoms with Crippen molar-refractivity contribution in [3.63, 3.8) is 0 Å². The molecule has 2 fully saturated rings. The van der Waals surface area contributed by atoms with Crippen molar-refractivity contribution in [1.29, 1.82) is 5.41 Å². The van der Waals surface area contributed by atoms with Crippen LogP contribution in [0.1, 0.15) is 26.7 Å². The average Bonchev–Trinajstić information content (AvgIpc) is 2.91. The van der Waals surface area contributed by atoms with Gasteiger partial charge in [0.15, 0.2) is 0 Å². The summed E-state index contributed by atoms with van der Waals surface area (Å²) in [6.45, 7) is 5.63. The Kier molecular flexibility index (Phi) is 2.54. The first-order valence-electron chi connectivity index (χ1n) is 5.17. The van der Waals surface area contributed by atoms with Gasteiger partial charge in [-0.2, -0.15) is 11.8 Å². The minimum atomic E-state index is 0.562. The van der Waals surface area contributed by atoms with Gasteiger partial charge >= 0.3 is 0 Å². The fourth-order valence-corrected chi connectivity index (χ4v) is 2.96. The summed E-state index contributed by atoms with van der Waals surface area (Å²) < 4.78 is 0. The summed E-state index contributed by atoms with van der Waals surface area (Å²) in [4.78, 5) is 2.32. The molecule has 1 N–H and O–H groups in total. The van der Waals surface area contributed by atoms with E-state index in [9.17, 15) is 0 Å². The number of thioether (sulfide) groups is 1. The van der Waals surface area contributed by atoms with Gasteiger partial charge in [0.1, 0.15) is 0 Å². The summed E-state index contributed by atoms with van der Waals surface area (Å²) in [6, 6.07) is 0.562. The number of rotatable bonds is 1. The first kappa shape index (κ1) is 9.38. The van der Waals surface area contributed by atoms with E-state index in [4.69, 9.17) is 5.41 Å². The van der Waals surface area contributed by atoms with Crippen LogP contribution in [-0.4, -0.2) is 34.3 Å².